The number of carbonyl (C=O) groups is 3. The number of aromatic nitrogens is 2. The minimum absolute atomic E-state index is 0.190. The molecule has 1 aliphatic carbocycles. The zero-order valence-corrected chi connectivity index (χ0v) is 11.4. The number of carbonyl (C=O) groups excluding carboxylic acids is 1. The van der Waals surface area contributed by atoms with E-state index < -0.39 is 29.8 Å². The van der Waals surface area contributed by atoms with Crippen molar-refractivity contribution in [3.05, 3.63) is 23.3 Å². The second-order valence-corrected chi connectivity index (χ2v) is 5.13. The maximum absolute atomic E-state index is 12.1. The molecule has 0 unspecified atom stereocenters. The zero-order chi connectivity index (χ0) is 15.6. The molecule has 1 heterocycles. The molecule has 8 nitrogen and oxygen atoms in total. The number of nitrogens with zero attached hydrogens (tertiary/aromatic N) is 2. The lowest BCUT2D eigenvalue weighted by atomic mass is 9.91. The van der Waals surface area contributed by atoms with Gasteiger partial charge in [-0.15, -0.1) is 0 Å². The van der Waals surface area contributed by atoms with Gasteiger partial charge in [0, 0.05) is 17.8 Å². The van der Waals surface area contributed by atoms with E-state index in [1.807, 2.05) is 0 Å². The highest BCUT2D eigenvalue weighted by molar-refractivity contribution is 5.99. The Balaban J connectivity index is 2.15. The number of carboxylic acid groups (broad SMARTS) is 2. The number of rotatable bonds is 5. The standard InChI is InChI=1S/C13H15N3O5/c1-13(11(18)19,12(20)21)5-14-10(17)9-7-3-2-4-8(7)15-6-16-9/h6H,2-5H2,1H3,(H,14,17)(H,18,19)(H,20,21). The third-order valence-electron chi connectivity index (χ3n) is 3.64. The fraction of sp³-hybridized carbons (Fsp3) is 0.462. The van der Waals surface area contributed by atoms with Crippen LogP contribution in [-0.2, 0) is 22.4 Å². The van der Waals surface area contributed by atoms with Crippen molar-refractivity contribution in [2.75, 3.05) is 6.54 Å². The topological polar surface area (TPSA) is 129 Å². The molecule has 1 aromatic heterocycles. The number of hydrogen-bond donors (Lipinski definition) is 3. The number of amides is 1. The predicted octanol–water partition coefficient (Wildman–Crippen LogP) is -0.129. The van der Waals surface area contributed by atoms with Crippen molar-refractivity contribution in [3.63, 3.8) is 0 Å². The van der Waals surface area contributed by atoms with E-state index in [0.717, 1.165) is 31.0 Å². The van der Waals surface area contributed by atoms with Crippen LogP contribution in [0.2, 0.25) is 0 Å². The van der Waals surface area contributed by atoms with Crippen LogP contribution in [-0.4, -0.2) is 44.6 Å². The fourth-order valence-corrected chi connectivity index (χ4v) is 2.14. The van der Waals surface area contributed by atoms with Gasteiger partial charge in [0.05, 0.1) is 0 Å². The van der Waals surface area contributed by atoms with Crippen LogP contribution in [0.1, 0.15) is 35.1 Å². The molecule has 0 saturated heterocycles. The lowest BCUT2D eigenvalue weighted by molar-refractivity contribution is -0.162. The summed E-state index contributed by atoms with van der Waals surface area (Å²) in [6, 6.07) is 0. The first-order valence-corrected chi connectivity index (χ1v) is 6.44. The number of carboxylic acids is 2. The van der Waals surface area contributed by atoms with Gasteiger partial charge in [0.2, 0.25) is 0 Å². The second kappa shape index (κ2) is 5.47. The highest BCUT2D eigenvalue weighted by Gasteiger charge is 2.42. The molecule has 2 rings (SSSR count). The highest BCUT2D eigenvalue weighted by Crippen LogP contribution is 2.22. The zero-order valence-electron chi connectivity index (χ0n) is 11.4. The largest absolute Gasteiger partial charge is 0.480 e. The normalized spacial score (nSPS) is 13.6. The summed E-state index contributed by atoms with van der Waals surface area (Å²) in [5, 5.41) is 20.3. The quantitative estimate of drug-likeness (QED) is 0.645. The van der Waals surface area contributed by atoms with Gasteiger partial charge in [0.15, 0.2) is 5.41 Å². The lowest BCUT2D eigenvalue weighted by Crippen LogP contribution is -2.46. The molecule has 1 amide bonds. The van der Waals surface area contributed by atoms with Gasteiger partial charge in [-0.05, 0) is 26.2 Å². The summed E-state index contributed by atoms with van der Waals surface area (Å²) in [6.07, 6.45) is 3.64. The Morgan fingerprint density at radius 3 is 2.52 bits per heavy atom. The van der Waals surface area contributed by atoms with Crippen LogP contribution in [0, 0.1) is 5.41 Å². The lowest BCUT2D eigenvalue weighted by Gasteiger charge is -2.20. The summed E-state index contributed by atoms with van der Waals surface area (Å²) in [5.74, 6) is -3.60. The minimum Gasteiger partial charge on any atom is -0.480 e. The van der Waals surface area contributed by atoms with Crippen LogP contribution in [0.4, 0.5) is 0 Å². The molecule has 0 spiro atoms. The van der Waals surface area contributed by atoms with Gasteiger partial charge >= 0.3 is 11.9 Å². The molecule has 0 radical (unpaired) electrons. The Morgan fingerprint density at radius 1 is 1.24 bits per heavy atom. The Bertz CT molecular complexity index is 600. The molecule has 8 heteroatoms. The summed E-state index contributed by atoms with van der Waals surface area (Å²) in [5.41, 5.74) is -0.321. The van der Waals surface area contributed by atoms with Gasteiger partial charge < -0.3 is 15.5 Å². The van der Waals surface area contributed by atoms with Gasteiger partial charge in [0.1, 0.15) is 12.0 Å². The van der Waals surface area contributed by atoms with Crippen molar-refractivity contribution in [1.29, 1.82) is 0 Å². The van der Waals surface area contributed by atoms with E-state index in [1.54, 1.807) is 0 Å². The van der Waals surface area contributed by atoms with Crippen molar-refractivity contribution >= 4 is 17.8 Å². The Hall–Kier alpha value is -2.51. The fourth-order valence-electron chi connectivity index (χ4n) is 2.14. The molecular weight excluding hydrogens is 278 g/mol. The SMILES string of the molecule is CC(CNC(=O)c1ncnc2c1CCC2)(C(=O)O)C(=O)O. The van der Waals surface area contributed by atoms with Crippen LogP contribution >= 0.6 is 0 Å². The highest BCUT2D eigenvalue weighted by atomic mass is 16.4. The van der Waals surface area contributed by atoms with Crippen molar-refractivity contribution in [3.8, 4) is 0 Å². The Kier molecular flexibility index (Phi) is 3.88. The first-order chi connectivity index (χ1) is 9.86. The van der Waals surface area contributed by atoms with E-state index in [0.29, 0.717) is 6.42 Å². The Labute approximate surface area is 120 Å². The molecular formula is C13H15N3O5. The van der Waals surface area contributed by atoms with Crippen LogP contribution in [0.3, 0.4) is 0 Å². The number of fused-ring (bicyclic) bond motifs is 1. The smallest absolute Gasteiger partial charge is 0.322 e. The molecule has 21 heavy (non-hydrogen) atoms. The van der Waals surface area contributed by atoms with Gasteiger partial charge in [-0.25, -0.2) is 9.97 Å². The van der Waals surface area contributed by atoms with Crippen molar-refractivity contribution < 1.29 is 24.6 Å². The average molecular weight is 293 g/mol. The first-order valence-electron chi connectivity index (χ1n) is 6.44. The summed E-state index contributed by atoms with van der Waals surface area (Å²) in [4.78, 5) is 42.2. The van der Waals surface area contributed by atoms with Gasteiger partial charge in [-0.1, -0.05) is 0 Å². The van der Waals surface area contributed by atoms with E-state index in [-0.39, 0.29) is 5.69 Å². The molecule has 0 aromatic carbocycles. The third kappa shape index (κ3) is 2.69. The van der Waals surface area contributed by atoms with Crippen molar-refractivity contribution in [1.82, 2.24) is 15.3 Å². The molecule has 0 saturated carbocycles. The van der Waals surface area contributed by atoms with Gasteiger partial charge in [0.25, 0.3) is 5.91 Å². The number of aryl methyl sites for hydroxylation is 1. The van der Waals surface area contributed by atoms with E-state index in [1.165, 1.54) is 6.33 Å². The van der Waals surface area contributed by atoms with Crippen LogP contribution in [0.15, 0.2) is 6.33 Å². The predicted molar refractivity (Wildman–Crippen MR) is 69.8 cm³/mol. The van der Waals surface area contributed by atoms with Gasteiger partial charge in [-0.3, -0.25) is 14.4 Å². The molecule has 0 atom stereocenters. The maximum Gasteiger partial charge on any atom is 0.322 e. The molecule has 3 N–H and O–H groups in total. The van der Waals surface area contributed by atoms with E-state index in [4.69, 9.17) is 10.2 Å². The molecule has 0 bridgehead atoms. The molecule has 1 aromatic rings. The van der Waals surface area contributed by atoms with E-state index >= 15 is 0 Å². The van der Waals surface area contributed by atoms with Crippen LogP contribution < -0.4 is 5.32 Å². The summed E-state index contributed by atoms with van der Waals surface area (Å²) < 4.78 is 0. The van der Waals surface area contributed by atoms with Crippen molar-refractivity contribution in [2.45, 2.75) is 26.2 Å². The average Bonchev–Trinajstić information content (AvgIpc) is 2.91. The molecule has 0 fully saturated rings. The minimum atomic E-state index is -2.08. The van der Waals surface area contributed by atoms with Crippen LogP contribution in [0.25, 0.3) is 0 Å². The third-order valence-corrected chi connectivity index (χ3v) is 3.64. The van der Waals surface area contributed by atoms with E-state index in [9.17, 15) is 14.4 Å². The number of nitrogens with one attached hydrogen (secondary N) is 1. The maximum atomic E-state index is 12.1. The molecule has 112 valence electrons. The van der Waals surface area contributed by atoms with Crippen molar-refractivity contribution in [2.24, 2.45) is 5.41 Å². The van der Waals surface area contributed by atoms with E-state index in [2.05, 4.69) is 15.3 Å². The first kappa shape index (κ1) is 14.9. The van der Waals surface area contributed by atoms with Crippen LogP contribution in [0.5, 0.6) is 0 Å². The summed E-state index contributed by atoms with van der Waals surface area (Å²) in [6.45, 7) is 0.525. The number of aliphatic carboxylic acids is 2. The second-order valence-electron chi connectivity index (χ2n) is 5.13. The summed E-state index contributed by atoms with van der Waals surface area (Å²) >= 11 is 0. The molecule has 0 aliphatic heterocycles. The molecule has 1 aliphatic rings. The Morgan fingerprint density at radius 2 is 1.90 bits per heavy atom. The van der Waals surface area contributed by atoms with Gasteiger partial charge in [-0.2, -0.15) is 0 Å². The summed E-state index contributed by atoms with van der Waals surface area (Å²) in [7, 11) is 0. The number of hydrogen-bond acceptors (Lipinski definition) is 5. The monoisotopic (exact) mass is 293 g/mol.